The highest BCUT2D eigenvalue weighted by atomic mass is 16.5. The van der Waals surface area contributed by atoms with E-state index in [0.717, 1.165) is 32.8 Å². The lowest BCUT2D eigenvalue weighted by atomic mass is 10.1. The molecule has 1 aliphatic rings. The summed E-state index contributed by atoms with van der Waals surface area (Å²) in [6, 6.07) is 9.59. The molecule has 0 spiro atoms. The van der Waals surface area contributed by atoms with Crippen molar-refractivity contribution in [1.82, 2.24) is 4.90 Å². The zero-order valence-corrected chi connectivity index (χ0v) is 13.6. The fourth-order valence-corrected chi connectivity index (χ4v) is 2.95. The molecule has 1 aromatic rings. The van der Waals surface area contributed by atoms with E-state index in [-0.39, 0.29) is 0 Å². The Balaban J connectivity index is 1.85. The number of hydrogen-bond donors (Lipinski definition) is 1. The van der Waals surface area contributed by atoms with Gasteiger partial charge in [0.25, 0.3) is 0 Å². The molecule has 1 heterocycles. The summed E-state index contributed by atoms with van der Waals surface area (Å²) in [4.78, 5) is 2.46. The molecule has 0 aliphatic carbocycles. The van der Waals surface area contributed by atoms with Gasteiger partial charge in [-0.2, -0.15) is 0 Å². The highest BCUT2D eigenvalue weighted by Gasteiger charge is 2.11. The van der Waals surface area contributed by atoms with Crippen LogP contribution in [-0.2, 0) is 11.3 Å². The molecule has 1 fully saturated rings. The van der Waals surface area contributed by atoms with Gasteiger partial charge in [-0.1, -0.05) is 38.8 Å². The summed E-state index contributed by atoms with van der Waals surface area (Å²) in [6.07, 6.45) is 4.99. The van der Waals surface area contributed by atoms with Gasteiger partial charge in [0.15, 0.2) is 0 Å². The normalized spacial score (nSPS) is 16.3. The molecule has 21 heavy (non-hydrogen) atoms. The maximum absolute atomic E-state index is 5.39. The second kappa shape index (κ2) is 9.06. The summed E-state index contributed by atoms with van der Waals surface area (Å²) in [5.74, 6) is 0. The van der Waals surface area contributed by atoms with Crippen molar-refractivity contribution in [3.63, 3.8) is 0 Å². The summed E-state index contributed by atoms with van der Waals surface area (Å²) in [5, 5.41) is 3.68. The van der Waals surface area contributed by atoms with Crippen LogP contribution in [-0.4, -0.2) is 37.2 Å². The van der Waals surface area contributed by atoms with Crippen LogP contribution in [0.25, 0.3) is 0 Å². The van der Waals surface area contributed by atoms with Crippen LogP contribution in [0.1, 0.15) is 45.1 Å². The Morgan fingerprint density at radius 1 is 1.05 bits per heavy atom. The monoisotopic (exact) mass is 290 g/mol. The number of ether oxygens (including phenoxy) is 1. The van der Waals surface area contributed by atoms with E-state index in [2.05, 4.69) is 48.3 Å². The SMILES string of the molecule is CCCC(CCC)Nc1ccc(CN2CCOCC2)cc1. The van der Waals surface area contributed by atoms with E-state index in [4.69, 9.17) is 4.74 Å². The fourth-order valence-electron chi connectivity index (χ4n) is 2.95. The average Bonchev–Trinajstić information content (AvgIpc) is 2.51. The second-order valence-corrected chi connectivity index (χ2v) is 6.00. The standard InChI is InChI=1S/C18H30N2O/c1-3-5-17(6-4-2)19-18-9-7-16(8-10-18)15-20-11-13-21-14-12-20/h7-10,17,19H,3-6,11-15H2,1-2H3. The average molecular weight is 290 g/mol. The first-order chi connectivity index (χ1) is 10.3. The predicted octanol–water partition coefficient (Wildman–Crippen LogP) is 3.90. The van der Waals surface area contributed by atoms with Crippen LogP contribution in [0.15, 0.2) is 24.3 Å². The highest BCUT2D eigenvalue weighted by Crippen LogP contribution is 2.16. The van der Waals surface area contributed by atoms with Gasteiger partial charge in [0.05, 0.1) is 13.2 Å². The molecule has 2 rings (SSSR count). The molecule has 0 unspecified atom stereocenters. The molecule has 3 nitrogen and oxygen atoms in total. The van der Waals surface area contributed by atoms with Crippen molar-refractivity contribution < 1.29 is 4.74 Å². The Morgan fingerprint density at radius 2 is 1.67 bits per heavy atom. The number of anilines is 1. The van der Waals surface area contributed by atoms with Gasteiger partial charge < -0.3 is 10.1 Å². The molecular formula is C18H30N2O. The van der Waals surface area contributed by atoms with Crippen LogP contribution >= 0.6 is 0 Å². The van der Waals surface area contributed by atoms with Crippen LogP contribution in [0.5, 0.6) is 0 Å². The topological polar surface area (TPSA) is 24.5 Å². The van der Waals surface area contributed by atoms with Gasteiger partial charge in [-0.25, -0.2) is 0 Å². The molecule has 3 heteroatoms. The molecule has 1 N–H and O–H groups in total. The van der Waals surface area contributed by atoms with E-state index in [0.29, 0.717) is 6.04 Å². The molecule has 1 aromatic carbocycles. The highest BCUT2D eigenvalue weighted by molar-refractivity contribution is 5.45. The summed E-state index contributed by atoms with van der Waals surface area (Å²) in [6.45, 7) is 9.40. The van der Waals surface area contributed by atoms with Crippen molar-refractivity contribution in [2.24, 2.45) is 0 Å². The molecule has 1 aliphatic heterocycles. The van der Waals surface area contributed by atoms with Gasteiger partial charge in [0.1, 0.15) is 0 Å². The van der Waals surface area contributed by atoms with E-state index >= 15 is 0 Å². The Kier molecular flexibility index (Phi) is 7.04. The van der Waals surface area contributed by atoms with Gasteiger partial charge in [0.2, 0.25) is 0 Å². The molecule has 0 radical (unpaired) electrons. The maximum Gasteiger partial charge on any atom is 0.0594 e. The third kappa shape index (κ3) is 5.68. The van der Waals surface area contributed by atoms with Crippen LogP contribution in [0.3, 0.4) is 0 Å². The van der Waals surface area contributed by atoms with Crippen molar-refractivity contribution in [3.05, 3.63) is 29.8 Å². The first-order valence-electron chi connectivity index (χ1n) is 8.47. The maximum atomic E-state index is 5.39. The zero-order chi connectivity index (χ0) is 14.9. The van der Waals surface area contributed by atoms with Crippen molar-refractivity contribution in [2.75, 3.05) is 31.6 Å². The number of rotatable bonds is 8. The van der Waals surface area contributed by atoms with Gasteiger partial charge in [-0.15, -0.1) is 0 Å². The Hall–Kier alpha value is -1.06. The first kappa shape index (κ1) is 16.3. The third-order valence-corrected chi connectivity index (χ3v) is 4.11. The fraction of sp³-hybridized carbons (Fsp3) is 0.667. The Bertz CT molecular complexity index is 379. The third-order valence-electron chi connectivity index (χ3n) is 4.11. The van der Waals surface area contributed by atoms with Crippen LogP contribution in [0.2, 0.25) is 0 Å². The van der Waals surface area contributed by atoms with E-state index in [1.54, 1.807) is 0 Å². The van der Waals surface area contributed by atoms with Gasteiger partial charge in [0, 0.05) is 31.4 Å². The molecule has 0 bridgehead atoms. The van der Waals surface area contributed by atoms with E-state index < -0.39 is 0 Å². The van der Waals surface area contributed by atoms with Crippen LogP contribution in [0.4, 0.5) is 5.69 Å². The van der Waals surface area contributed by atoms with Crippen LogP contribution in [0, 0.1) is 0 Å². The predicted molar refractivity (Wildman–Crippen MR) is 89.8 cm³/mol. The van der Waals surface area contributed by atoms with Crippen LogP contribution < -0.4 is 5.32 Å². The minimum absolute atomic E-state index is 0.616. The summed E-state index contributed by atoms with van der Waals surface area (Å²) < 4.78 is 5.39. The molecule has 0 atom stereocenters. The number of nitrogens with one attached hydrogen (secondary N) is 1. The van der Waals surface area contributed by atoms with E-state index in [9.17, 15) is 0 Å². The number of nitrogens with zero attached hydrogens (tertiary/aromatic N) is 1. The minimum Gasteiger partial charge on any atom is -0.382 e. The lowest BCUT2D eigenvalue weighted by molar-refractivity contribution is 0.0342. The largest absolute Gasteiger partial charge is 0.382 e. The number of benzene rings is 1. The molecule has 0 saturated carbocycles. The quantitative estimate of drug-likeness (QED) is 0.786. The Morgan fingerprint density at radius 3 is 2.24 bits per heavy atom. The number of morpholine rings is 1. The molecular weight excluding hydrogens is 260 g/mol. The van der Waals surface area contributed by atoms with E-state index in [1.165, 1.54) is 36.9 Å². The van der Waals surface area contributed by atoms with Gasteiger partial charge in [-0.05, 0) is 30.5 Å². The van der Waals surface area contributed by atoms with Crippen molar-refractivity contribution in [1.29, 1.82) is 0 Å². The lowest BCUT2D eigenvalue weighted by Crippen LogP contribution is -2.35. The van der Waals surface area contributed by atoms with Crippen molar-refractivity contribution >= 4 is 5.69 Å². The summed E-state index contributed by atoms with van der Waals surface area (Å²) in [7, 11) is 0. The van der Waals surface area contributed by atoms with Crippen molar-refractivity contribution in [2.45, 2.75) is 52.1 Å². The summed E-state index contributed by atoms with van der Waals surface area (Å²) >= 11 is 0. The molecule has 1 saturated heterocycles. The molecule has 118 valence electrons. The van der Waals surface area contributed by atoms with Gasteiger partial charge in [-0.3, -0.25) is 4.90 Å². The summed E-state index contributed by atoms with van der Waals surface area (Å²) in [5.41, 5.74) is 2.65. The molecule has 0 aromatic heterocycles. The van der Waals surface area contributed by atoms with Gasteiger partial charge >= 0.3 is 0 Å². The van der Waals surface area contributed by atoms with Crippen molar-refractivity contribution in [3.8, 4) is 0 Å². The second-order valence-electron chi connectivity index (χ2n) is 6.00. The lowest BCUT2D eigenvalue weighted by Gasteiger charge is -2.26. The smallest absolute Gasteiger partial charge is 0.0594 e. The number of hydrogen-bond acceptors (Lipinski definition) is 3. The zero-order valence-electron chi connectivity index (χ0n) is 13.6. The molecule has 0 amide bonds. The Labute approximate surface area is 129 Å². The minimum atomic E-state index is 0.616. The van der Waals surface area contributed by atoms with E-state index in [1.807, 2.05) is 0 Å². The first-order valence-corrected chi connectivity index (χ1v) is 8.47.